The molecule has 9 heteroatoms. The summed E-state index contributed by atoms with van der Waals surface area (Å²) in [6.07, 6.45) is 3.82. The van der Waals surface area contributed by atoms with Crippen LogP contribution in [0, 0.1) is 6.92 Å². The molecular formula is C22H25N5O3S. The van der Waals surface area contributed by atoms with Gasteiger partial charge in [-0.15, -0.1) is 11.3 Å². The van der Waals surface area contributed by atoms with Crippen molar-refractivity contribution in [2.45, 2.75) is 39.2 Å². The van der Waals surface area contributed by atoms with Gasteiger partial charge in [-0.1, -0.05) is 12.5 Å². The molecule has 0 aliphatic carbocycles. The molecule has 4 rings (SSSR count). The van der Waals surface area contributed by atoms with Gasteiger partial charge in [0.2, 0.25) is 0 Å². The number of anilines is 1. The first kappa shape index (κ1) is 21.0. The van der Waals surface area contributed by atoms with Crippen molar-refractivity contribution in [3.8, 4) is 0 Å². The zero-order valence-corrected chi connectivity index (χ0v) is 18.6. The molecule has 1 aromatic carbocycles. The van der Waals surface area contributed by atoms with Gasteiger partial charge in [-0.25, -0.2) is 4.98 Å². The van der Waals surface area contributed by atoms with Crippen molar-refractivity contribution in [1.82, 2.24) is 20.4 Å². The smallest absolute Gasteiger partial charge is 0.280 e. The molecular weight excluding hydrogens is 414 g/mol. The Kier molecular flexibility index (Phi) is 5.77. The number of hydrogen-bond acceptors (Lipinski definition) is 6. The Bertz CT molecular complexity index is 1230. The van der Waals surface area contributed by atoms with Gasteiger partial charge in [0, 0.05) is 38.3 Å². The largest absolute Gasteiger partial charge is 0.378 e. The van der Waals surface area contributed by atoms with Crippen LogP contribution < -0.4 is 21.3 Å². The fraction of sp³-hybridized carbons (Fsp3) is 0.364. The molecule has 3 aromatic rings. The number of hydrazine groups is 1. The van der Waals surface area contributed by atoms with Crippen molar-refractivity contribution < 1.29 is 9.59 Å². The lowest BCUT2D eigenvalue weighted by molar-refractivity contribution is 0.0848. The highest BCUT2D eigenvalue weighted by atomic mass is 32.1. The molecule has 31 heavy (non-hydrogen) atoms. The molecule has 162 valence electrons. The van der Waals surface area contributed by atoms with Crippen LogP contribution in [0.1, 0.15) is 50.7 Å². The minimum Gasteiger partial charge on any atom is -0.378 e. The molecule has 0 bridgehead atoms. The van der Waals surface area contributed by atoms with Crippen molar-refractivity contribution in [3.63, 3.8) is 0 Å². The number of carbonyl (C=O) groups is 2. The van der Waals surface area contributed by atoms with Crippen LogP contribution in [0.15, 0.2) is 29.1 Å². The molecule has 0 fully saturated rings. The van der Waals surface area contributed by atoms with E-state index in [1.807, 2.05) is 25.1 Å². The molecule has 2 amide bonds. The van der Waals surface area contributed by atoms with E-state index in [0.717, 1.165) is 37.2 Å². The van der Waals surface area contributed by atoms with Gasteiger partial charge in [-0.2, -0.15) is 0 Å². The number of fused-ring (bicyclic) bond motifs is 2. The Balaban J connectivity index is 1.56. The number of aryl methyl sites for hydroxylation is 2. The van der Waals surface area contributed by atoms with Gasteiger partial charge in [0.25, 0.3) is 17.4 Å². The number of carbonyl (C=O) groups excluding carboxylic acids is 2. The number of hydrogen-bond donors (Lipinski definition) is 2. The lowest BCUT2D eigenvalue weighted by atomic mass is 10.2. The minimum atomic E-state index is -0.461. The predicted molar refractivity (Wildman–Crippen MR) is 122 cm³/mol. The molecule has 2 N–H and O–H groups in total. The van der Waals surface area contributed by atoms with E-state index in [-0.39, 0.29) is 5.56 Å². The lowest BCUT2D eigenvalue weighted by Crippen LogP contribution is -2.41. The van der Waals surface area contributed by atoms with Gasteiger partial charge in [-0.3, -0.25) is 29.8 Å². The summed E-state index contributed by atoms with van der Waals surface area (Å²) in [7, 11) is 3.78. The number of thiophene rings is 1. The van der Waals surface area contributed by atoms with Crippen LogP contribution in [0.25, 0.3) is 10.2 Å². The van der Waals surface area contributed by atoms with Gasteiger partial charge < -0.3 is 4.90 Å². The normalized spacial score (nSPS) is 13.4. The maximum absolute atomic E-state index is 13.0. The molecule has 3 heterocycles. The monoisotopic (exact) mass is 439 g/mol. The molecule has 0 atom stereocenters. The average Bonchev–Trinajstić information content (AvgIpc) is 2.93. The van der Waals surface area contributed by atoms with Crippen LogP contribution in [0.4, 0.5) is 5.69 Å². The van der Waals surface area contributed by atoms with Crippen molar-refractivity contribution in [3.05, 3.63) is 56.4 Å². The molecule has 0 spiro atoms. The van der Waals surface area contributed by atoms with E-state index in [2.05, 4.69) is 15.8 Å². The highest BCUT2D eigenvalue weighted by Gasteiger charge is 2.22. The Morgan fingerprint density at radius 2 is 1.90 bits per heavy atom. The van der Waals surface area contributed by atoms with Crippen LogP contribution in [0.5, 0.6) is 0 Å². The van der Waals surface area contributed by atoms with E-state index in [1.165, 1.54) is 11.3 Å². The number of aromatic nitrogens is 2. The summed E-state index contributed by atoms with van der Waals surface area (Å²) in [6.45, 7) is 2.42. The Morgan fingerprint density at radius 1 is 1.13 bits per heavy atom. The summed E-state index contributed by atoms with van der Waals surface area (Å²) in [4.78, 5) is 45.8. The second-order valence-electron chi connectivity index (χ2n) is 7.88. The van der Waals surface area contributed by atoms with Crippen molar-refractivity contribution in [2.75, 3.05) is 19.0 Å². The fourth-order valence-corrected chi connectivity index (χ4v) is 4.88. The minimum absolute atomic E-state index is 0.0840. The van der Waals surface area contributed by atoms with Crippen LogP contribution in [0.3, 0.4) is 0 Å². The second kappa shape index (κ2) is 8.50. The Morgan fingerprint density at radius 3 is 2.68 bits per heavy atom. The SMILES string of the molecule is Cc1c(C(=O)NNC(=O)c2cccc(N(C)C)c2)sc2nc3n(c(=O)c12)CCCCC3. The quantitative estimate of drug-likeness (QED) is 0.612. The standard InChI is InChI=1S/C22H25N5O3S/c1-13-17-21(23-16-10-5-4-6-11-27(16)22(17)30)31-18(13)20(29)25-24-19(28)14-8-7-9-15(12-14)26(2)3/h7-9,12H,4-6,10-11H2,1-3H3,(H,24,28)(H,25,29). The summed E-state index contributed by atoms with van der Waals surface area (Å²) in [5, 5.41) is 0.491. The summed E-state index contributed by atoms with van der Waals surface area (Å²) in [6, 6.07) is 7.09. The van der Waals surface area contributed by atoms with E-state index in [0.29, 0.717) is 32.8 Å². The third-order valence-corrected chi connectivity index (χ3v) is 6.72. The van der Waals surface area contributed by atoms with E-state index in [1.54, 1.807) is 29.7 Å². The lowest BCUT2D eigenvalue weighted by Gasteiger charge is -2.13. The van der Waals surface area contributed by atoms with E-state index < -0.39 is 11.8 Å². The zero-order chi connectivity index (χ0) is 22.1. The first-order chi connectivity index (χ1) is 14.9. The van der Waals surface area contributed by atoms with Gasteiger partial charge in [0.05, 0.1) is 10.3 Å². The number of nitrogens with zero attached hydrogens (tertiary/aromatic N) is 3. The average molecular weight is 440 g/mol. The first-order valence-corrected chi connectivity index (χ1v) is 11.1. The van der Waals surface area contributed by atoms with Crippen LogP contribution in [0.2, 0.25) is 0 Å². The second-order valence-corrected chi connectivity index (χ2v) is 8.88. The molecule has 1 aliphatic rings. The Hall–Kier alpha value is -3.20. The van der Waals surface area contributed by atoms with Crippen LogP contribution in [-0.2, 0) is 13.0 Å². The molecule has 2 aromatic heterocycles. The topological polar surface area (TPSA) is 96.3 Å². The third-order valence-electron chi connectivity index (χ3n) is 5.53. The maximum atomic E-state index is 13.0. The molecule has 8 nitrogen and oxygen atoms in total. The first-order valence-electron chi connectivity index (χ1n) is 10.3. The fourth-order valence-electron chi connectivity index (χ4n) is 3.79. The number of rotatable bonds is 3. The zero-order valence-electron chi connectivity index (χ0n) is 17.8. The van der Waals surface area contributed by atoms with Crippen molar-refractivity contribution in [1.29, 1.82) is 0 Å². The number of nitrogens with one attached hydrogen (secondary N) is 2. The van der Waals surface area contributed by atoms with Crippen LogP contribution >= 0.6 is 11.3 Å². The molecule has 1 aliphatic heterocycles. The summed E-state index contributed by atoms with van der Waals surface area (Å²) in [5.74, 6) is -0.0878. The van der Waals surface area contributed by atoms with Gasteiger partial charge in [0.15, 0.2) is 0 Å². The highest BCUT2D eigenvalue weighted by molar-refractivity contribution is 7.20. The van der Waals surface area contributed by atoms with Crippen molar-refractivity contribution in [2.24, 2.45) is 0 Å². The number of benzene rings is 1. The summed E-state index contributed by atoms with van der Waals surface area (Å²) >= 11 is 1.19. The number of amides is 2. The highest BCUT2D eigenvalue weighted by Crippen LogP contribution is 2.28. The van der Waals surface area contributed by atoms with Gasteiger partial charge in [-0.05, 0) is 43.5 Å². The Labute approximate surface area is 183 Å². The van der Waals surface area contributed by atoms with Crippen LogP contribution in [-0.4, -0.2) is 35.5 Å². The van der Waals surface area contributed by atoms with Crippen molar-refractivity contribution >= 4 is 39.1 Å². The molecule has 0 saturated carbocycles. The van der Waals surface area contributed by atoms with E-state index in [4.69, 9.17) is 0 Å². The van der Waals surface area contributed by atoms with Gasteiger partial charge >= 0.3 is 0 Å². The van der Waals surface area contributed by atoms with E-state index in [9.17, 15) is 14.4 Å². The third kappa shape index (κ3) is 4.05. The summed E-state index contributed by atoms with van der Waals surface area (Å²) in [5.41, 5.74) is 6.75. The summed E-state index contributed by atoms with van der Waals surface area (Å²) < 4.78 is 1.75. The molecule has 0 unspecified atom stereocenters. The predicted octanol–water partition coefficient (Wildman–Crippen LogP) is 2.63. The van der Waals surface area contributed by atoms with Gasteiger partial charge in [0.1, 0.15) is 10.7 Å². The van der Waals surface area contributed by atoms with E-state index >= 15 is 0 Å². The molecule has 0 saturated heterocycles. The maximum Gasteiger partial charge on any atom is 0.280 e. The molecule has 0 radical (unpaired) electrons.